The van der Waals surface area contributed by atoms with Crippen molar-refractivity contribution >= 4 is 0 Å². The highest BCUT2D eigenvalue weighted by Gasteiger charge is 2.32. The zero-order valence-electron chi connectivity index (χ0n) is 10.7. The number of rotatable bonds is 4. The van der Waals surface area contributed by atoms with E-state index in [1.807, 2.05) is 0 Å². The fourth-order valence-electron chi connectivity index (χ4n) is 3.21. The summed E-state index contributed by atoms with van der Waals surface area (Å²) in [4.78, 5) is 2.58. The summed E-state index contributed by atoms with van der Waals surface area (Å²) < 4.78 is 5.50. The molecule has 3 unspecified atom stereocenters. The molecule has 1 aliphatic carbocycles. The van der Waals surface area contributed by atoms with Crippen molar-refractivity contribution in [2.24, 2.45) is 0 Å². The molecule has 3 atom stereocenters. The SMILES string of the molecule is CCNC1CCCCC1N(C)C1CCOC1. The number of hydrogen-bond donors (Lipinski definition) is 1. The van der Waals surface area contributed by atoms with Crippen LogP contribution in [0.15, 0.2) is 0 Å². The van der Waals surface area contributed by atoms with Crippen molar-refractivity contribution in [3.8, 4) is 0 Å². The summed E-state index contributed by atoms with van der Waals surface area (Å²) in [7, 11) is 2.29. The van der Waals surface area contributed by atoms with E-state index in [4.69, 9.17) is 4.74 Å². The molecule has 1 N–H and O–H groups in total. The van der Waals surface area contributed by atoms with Crippen LogP contribution in [0.25, 0.3) is 0 Å². The van der Waals surface area contributed by atoms with Crippen molar-refractivity contribution in [2.45, 2.75) is 57.2 Å². The van der Waals surface area contributed by atoms with Gasteiger partial charge in [0.2, 0.25) is 0 Å². The normalized spacial score (nSPS) is 35.8. The average Bonchev–Trinajstić information content (AvgIpc) is 2.83. The zero-order chi connectivity index (χ0) is 11.4. The molecule has 2 fully saturated rings. The first-order valence-corrected chi connectivity index (χ1v) is 6.86. The van der Waals surface area contributed by atoms with Crippen LogP contribution in [0.5, 0.6) is 0 Å². The molecule has 0 aromatic carbocycles. The minimum atomic E-state index is 0.657. The first-order valence-electron chi connectivity index (χ1n) is 6.86. The van der Waals surface area contributed by atoms with Crippen molar-refractivity contribution in [1.29, 1.82) is 0 Å². The Morgan fingerprint density at radius 2 is 2.06 bits per heavy atom. The summed E-state index contributed by atoms with van der Waals surface area (Å²) in [6.07, 6.45) is 6.70. The van der Waals surface area contributed by atoms with Gasteiger partial charge in [0, 0.05) is 24.7 Å². The van der Waals surface area contributed by atoms with E-state index in [1.165, 1.54) is 32.1 Å². The predicted octanol–water partition coefficient (Wildman–Crippen LogP) is 1.63. The molecule has 0 amide bonds. The minimum absolute atomic E-state index is 0.657. The van der Waals surface area contributed by atoms with Gasteiger partial charge in [-0.3, -0.25) is 4.90 Å². The molecule has 0 radical (unpaired) electrons. The van der Waals surface area contributed by atoms with Crippen LogP contribution in [0, 0.1) is 0 Å². The summed E-state index contributed by atoms with van der Waals surface area (Å²) in [5.74, 6) is 0. The molecule has 0 spiro atoms. The van der Waals surface area contributed by atoms with Crippen LogP contribution >= 0.6 is 0 Å². The largest absolute Gasteiger partial charge is 0.380 e. The van der Waals surface area contributed by atoms with Gasteiger partial charge in [0.25, 0.3) is 0 Å². The third-order valence-electron chi connectivity index (χ3n) is 4.20. The van der Waals surface area contributed by atoms with Crippen LogP contribution < -0.4 is 5.32 Å². The van der Waals surface area contributed by atoms with Gasteiger partial charge in [0.1, 0.15) is 0 Å². The second kappa shape index (κ2) is 5.99. The van der Waals surface area contributed by atoms with E-state index in [0.29, 0.717) is 12.1 Å². The lowest BCUT2D eigenvalue weighted by Gasteiger charge is -2.40. The maximum Gasteiger partial charge on any atom is 0.0622 e. The first kappa shape index (κ1) is 12.3. The molecule has 0 aromatic rings. The fourth-order valence-corrected chi connectivity index (χ4v) is 3.21. The summed E-state index contributed by atoms with van der Waals surface area (Å²) in [5.41, 5.74) is 0. The summed E-state index contributed by atoms with van der Waals surface area (Å²) in [6.45, 7) is 5.19. The number of ether oxygens (including phenoxy) is 1. The number of nitrogens with one attached hydrogen (secondary N) is 1. The van der Waals surface area contributed by atoms with E-state index in [2.05, 4.69) is 24.2 Å². The Bertz CT molecular complexity index is 202. The Morgan fingerprint density at radius 3 is 2.75 bits per heavy atom. The number of hydrogen-bond acceptors (Lipinski definition) is 3. The van der Waals surface area contributed by atoms with Crippen molar-refractivity contribution in [3.63, 3.8) is 0 Å². The lowest BCUT2D eigenvalue weighted by molar-refractivity contribution is 0.0921. The average molecular weight is 226 g/mol. The highest BCUT2D eigenvalue weighted by Crippen LogP contribution is 2.25. The van der Waals surface area contributed by atoms with Gasteiger partial charge in [0.05, 0.1) is 6.61 Å². The fraction of sp³-hybridized carbons (Fsp3) is 1.00. The van der Waals surface area contributed by atoms with Crippen LogP contribution in [0.2, 0.25) is 0 Å². The molecule has 2 aliphatic rings. The monoisotopic (exact) mass is 226 g/mol. The highest BCUT2D eigenvalue weighted by atomic mass is 16.5. The Labute approximate surface area is 99.5 Å². The van der Waals surface area contributed by atoms with E-state index in [1.54, 1.807) is 0 Å². The van der Waals surface area contributed by atoms with Crippen LogP contribution in [-0.2, 0) is 4.74 Å². The molecule has 1 saturated carbocycles. The quantitative estimate of drug-likeness (QED) is 0.788. The summed E-state index contributed by atoms with van der Waals surface area (Å²) in [6, 6.07) is 2.08. The molecule has 3 heteroatoms. The number of nitrogens with zero attached hydrogens (tertiary/aromatic N) is 1. The van der Waals surface area contributed by atoms with Gasteiger partial charge in [-0.05, 0) is 32.9 Å². The van der Waals surface area contributed by atoms with Gasteiger partial charge >= 0.3 is 0 Å². The molecule has 1 saturated heterocycles. The standard InChI is InChI=1S/C13H26N2O/c1-3-14-12-6-4-5-7-13(12)15(2)11-8-9-16-10-11/h11-14H,3-10H2,1-2H3. The van der Waals surface area contributed by atoms with Gasteiger partial charge in [-0.25, -0.2) is 0 Å². The van der Waals surface area contributed by atoms with Gasteiger partial charge in [0.15, 0.2) is 0 Å². The van der Waals surface area contributed by atoms with Crippen LogP contribution in [0.3, 0.4) is 0 Å². The Morgan fingerprint density at radius 1 is 1.25 bits per heavy atom. The molecule has 94 valence electrons. The maximum atomic E-state index is 5.50. The van der Waals surface area contributed by atoms with E-state index >= 15 is 0 Å². The van der Waals surface area contributed by atoms with E-state index < -0.39 is 0 Å². The summed E-state index contributed by atoms with van der Waals surface area (Å²) >= 11 is 0. The van der Waals surface area contributed by atoms with Crippen LogP contribution in [0.4, 0.5) is 0 Å². The Hall–Kier alpha value is -0.120. The maximum absolute atomic E-state index is 5.50. The molecular formula is C13H26N2O. The van der Waals surface area contributed by atoms with Crippen LogP contribution in [0.1, 0.15) is 39.0 Å². The lowest BCUT2D eigenvalue weighted by Crippen LogP contribution is -2.53. The van der Waals surface area contributed by atoms with Crippen molar-refractivity contribution in [1.82, 2.24) is 10.2 Å². The van der Waals surface area contributed by atoms with Crippen LogP contribution in [-0.4, -0.2) is 49.8 Å². The molecule has 0 bridgehead atoms. The Balaban J connectivity index is 1.92. The molecule has 16 heavy (non-hydrogen) atoms. The van der Waals surface area contributed by atoms with Crippen molar-refractivity contribution in [3.05, 3.63) is 0 Å². The highest BCUT2D eigenvalue weighted by molar-refractivity contribution is 4.90. The second-order valence-electron chi connectivity index (χ2n) is 5.20. The molecule has 1 aliphatic heterocycles. The van der Waals surface area contributed by atoms with Crippen molar-refractivity contribution < 1.29 is 4.74 Å². The topological polar surface area (TPSA) is 24.5 Å². The Kier molecular flexibility index (Phi) is 4.62. The summed E-state index contributed by atoms with van der Waals surface area (Å²) in [5, 5.41) is 3.66. The number of likely N-dealkylation sites (N-methyl/N-ethyl adjacent to an activating group) is 2. The second-order valence-corrected chi connectivity index (χ2v) is 5.20. The predicted molar refractivity (Wildman–Crippen MR) is 66.7 cm³/mol. The minimum Gasteiger partial charge on any atom is -0.380 e. The molecule has 2 rings (SSSR count). The third kappa shape index (κ3) is 2.76. The zero-order valence-corrected chi connectivity index (χ0v) is 10.7. The first-order chi connectivity index (χ1) is 7.83. The molecular weight excluding hydrogens is 200 g/mol. The smallest absolute Gasteiger partial charge is 0.0622 e. The van der Waals surface area contributed by atoms with Gasteiger partial charge in [-0.1, -0.05) is 19.8 Å². The lowest BCUT2D eigenvalue weighted by atomic mass is 9.88. The van der Waals surface area contributed by atoms with Gasteiger partial charge in [-0.2, -0.15) is 0 Å². The third-order valence-corrected chi connectivity index (χ3v) is 4.20. The van der Waals surface area contributed by atoms with Gasteiger partial charge < -0.3 is 10.1 Å². The molecule has 0 aromatic heterocycles. The van der Waals surface area contributed by atoms with E-state index in [-0.39, 0.29) is 0 Å². The van der Waals surface area contributed by atoms with Crippen molar-refractivity contribution in [2.75, 3.05) is 26.8 Å². The molecule has 1 heterocycles. The van der Waals surface area contributed by atoms with Gasteiger partial charge in [-0.15, -0.1) is 0 Å². The molecule has 3 nitrogen and oxygen atoms in total. The van der Waals surface area contributed by atoms with E-state index in [0.717, 1.165) is 25.8 Å². The van der Waals surface area contributed by atoms with E-state index in [9.17, 15) is 0 Å².